The van der Waals surface area contributed by atoms with Crippen LogP contribution in [0.5, 0.6) is 0 Å². The minimum absolute atomic E-state index is 0.313. The molecule has 0 bridgehead atoms. The molecule has 1 atom stereocenters. The summed E-state index contributed by atoms with van der Waals surface area (Å²) in [6, 6.07) is 0.982. The van der Waals surface area contributed by atoms with Crippen molar-refractivity contribution in [2.24, 2.45) is 5.73 Å². The van der Waals surface area contributed by atoms with Gasteiger partial charge in [-0.2, -0.15) is 0 Å². The largest absolute Gasteiger partial charge is 0.388 e. The van der Waals surface area contributed by atoms with Gasteiger partial charge in [0.2, 0.25) is 0 Å². The monoisotopic (exact) mass is 227 g/mol. The molecule has 0 aliphatic heterocycles. The Morgan fingerprint density at radius 1 is 1.25 bits per heavy atom. The van der Waals surface area contributed by atoms with Gasteiger partial charge in [0.1, 0.15) is 0 Å². The second-order valence-electron chi connectivity index (χ2n) is 4.83. The number of hydrogen-bond donors (Lipinski definition) is 2. The molecule has 0 amide bonds. The molecule has 0 aliphatic carbocycles. The first-order valence-electron chi connectivity index (χ1n) is 6.61. The second kappa shape index (κ2) is 8.57. The molecule has 0 aliphatic rings. The zero-order valence-electron chi connectivity index (χ0n) is 11.4. The normalized spacial score (nSPS) is 13.4. The Bertz CT molecular complexity index is 190. The maximum atomic E-state index is 7.43. The fraction of sp³-hybridized carbons (Fsp3) is 0.923. The Morgan fingerprint density at radius 3 is 2.25 bits per heavy atom. The van der Waals surface area contributed by atoms with E-state index in [1.165, 1.54) is 19.3 Å². The molecule has 0 saturated carbocycles. The summed E-state index contributed by atoms with van der Waals surface area (Å²) in [4.78, 5) is 2.50. The highest BCUT2D eigenvalue weighted by molar-refractivity contribution is 5.77. The van der Waals surface area contributed by atoms with E-state index in [0.29, 0.717) is 24.3 Å². The van der Waals surface area contributed by atoms with Crippen molar-refractivity contribution < 1.29 is 0 Å². The fourth-order valence-corrected chi connectivity index (χ4v) is 2.16. The Balaban J connectivity index is 4.28. The Morgan fingerprint density at radius 2 is 1.88 bits per heavy atom. The lowest BCUT2D eigenvalue weighted by atomic mass is 10.1. The summed E-state index contributed by atoms with van der Waals surface area (Å²) in [5.41, 5.74) is 5.52. The lowest BCUT2D eigenvalue weighted by Gasteiger charge is -2.34. The highest BCUT2D eigenvalue weighted by Gasteiger charge is 2.19. The first-order chi connectivity index (χ1) is 7.52. The molecule has 0 aromatic carbocycles. The number of nitrogens with zero attached hydrogens (tertiary/aromatic N) is 1. The maximum Gasteiger partial charge on any atom is 0.0921 e. The quantitative estimate of drug-likeness (QED) is 0.361. The van der Waals surface area contributed by atoms with E-state index in [1.54, 1.807) is 0 Å². The van der Waals surface area contributed by atoms with Crippen molar-refractivity contribution >= 4 is 5.84 Å². The number of hydrogen-bond acceptors (Lipinski definition) is 2. The van der Waals surface area contributed by atoms with Gasteiger partial charge >= 0.3 is 0 Å². The van der Waals surface area contributed by atoms with E-state index >= 15 is 0 Å². The van der Waals surface area contributed by atoms with Gasteiger partial charge in [-0.25, -0.2) is 0 Å². The van der Waals surface area contributed by atoms with E-state index < -0.39 is 0 Å². The van der Waals surface area contributed by atoms with Crippen LogP contribution in [0, 0.1) is 5.41 Å². The maximum absolute atomic E-state index is 7.43. The molecule has 0 saturated heterocycles. The first kappa shape index (κ1) is 15.4. The summed E-state index contributed by atoms with van der Waals surface area (Å²) in [5.74, 6) is 0.313. The van der Waals surface area contributed by atoms with Crippen LogP contribution in [0.2, 0.25) is 0 Å². The van der Waals surface area contributed by atoms with E-state index in [9.17, 15) is 0 Å². The molecule has 16 heavy (non-hydrogen) atoms. The van der Waals surface area contributed by atoms with Gasteiger partial charge in [0.15, 0.2) is 0 Å². The van der Waals surface area contributed by atoms with Gasteiger partial charge in [0.25, 0.3) is 0 Å². The number of amidine groups is 1. The average Bonchev–Trinajstić information content (AvgIpc) is 2.21. The molecule has 0 spiro atoms. The zero-order valence-corrected chi connectivity index (χ0v) is 11.4. The zero-order chi connectivity index (χ0) is 12.6. The van der Waals surface area contributed by atoms with Gasteiger partial charge in [-0.3, -0.25) is 10.3 Å². The number of rotatable bonds is 9. The molecule has 3 nitrogen and oxygen atoms in total. The fourth-order valence-electron chi connectivity index (χ4n) is 2.16. The summed E-state index contributed by atoms with van der Waals surface area (Å²) in [6.07, 6.45) is 5.59. The van der Waals surface area contributed by atoms with Gasteiger partial charge in [0.05, 0.1) is 5.84 Å². The van der Waals surface area contributed by atoms with Gasteiger partial charge in [-0.15, -0.1) is 0 Å². The molecule has 0 aromatic heterocycles. The van der Waals surface area contributed by atoms with Gasteiger partial charge in [-0.05, 0) is 33.2 Å². The van der Waals surface area contributed by atoms with Crippen molar-refractivity contribution in [2.75, 3.05) is 6.54 Å². The molecule has 0 rings (SSSR count). The third-order valence-electron chi connectivity index (χ3n) is 3.08. The Kier molecular flexibility index (Phi) is 8.26. The number of nitrogens with two attached hydrogens (primary N) is 1. The first-order valence-corrected chi connectivity index (χ1v) is 6.61. The summed E-state index contributed by atoms with van der Waals surface area (Å²) >= 11 is 0. The molecule has 96 valence electrons. The second-order valence-corrected chi connectivity index (χ2v) is 4.83. The van der Waals surface area contributed by atoms with Crippen LogP contribution >= 0.6 is 0 Å². The van der Waals surface area contributed by atoms with Crippen LogP contribution in [-0.4, -0.2) is 29.4 Å². The molecule has 0 radical (unpaired) electrons. The van der Waals surface area contributed by atoms with Crippen molar-refractivity contribution in [1.29, 1.82) is 5.41 Å². The summed E-state index contributed by atoms with van der Waals surface area (Å²) in [7, 11) is 0. The van der Waals surface area contributed by atoms with Crippen LogP contribution < -0.4 is 5.73 Å². The Labute approximate surface area is 101 Å². The van der Waals surface area contributed by atoms with E-state index in [1.807, 2.05) is 0 Å². The molecule has 3 heteroatoms. The van der Waals surface area contributed by atoms with Crippen molar-refractivity contribution in [3.05, 3.63) is 0 Å². The highest BCUT2D eigenvalue weighted by atomic mass is 15.2. The molecule has 3 N–H and O–H groups in total. The van der Waals surface area contributed by atoms with Crippen molar-refractivity contribution in [1.82, 2.24) is 4.90 Å². The molecular formula is C13H29N3. The van der Waals surface area contributed by atoms with Crippen molar-refractivity contribution in [3.63, 3.8) is 0 Å². The number of nitrogens with one attached hydrogen (secondary N) is 1. The summed E-state index contributed by atoms with van der Waals surface area (Å²) in [6.45, 7) is 10.0. The van der Waals surface area contributed by atoms with Crippen molar-refractivity contribution in [3.8, 4) is 0 Å². The smallest absolute Gasteiger partial charge is 0.0921 e. The summed E-state index contributed by atoms with van der Waals surface area (Å²) < 4.78 is 0. The van der Waals surface area contributed by atoms with Gasteiger partial charge < -0.3 is 5.73 Å². The lowest BCUT2D eigenvalue weighted by Crippen LogP contribution is -2.42. The van der Waals surface area contributed by atoms with E-state index in [4.69, 9.17) is 11.1 Å². The van der Waals surface area contributed by atoms with Crippen LogP contribution in [0.1, 0.15) is 59.8 Å². The van der Waals surface area contributed by atoms with E-state index in [0.717, 1.165) is 13.0 Å². The van der Waals surface area contributed by atoms with Crippen LogP contribution in [0.4, 0.5) is 0 Å². The topological polar surface area (TPSA) is 53.1 Å². The van der Waals surface area contributed by atoms with E-state index in [2.05, 4.69) is 32.6 Å². The standard InChI is InChI=1S/C13H29N3/c1-5-7-8-9-16(11(3)4)12(6-2)10-13(14)15/h11-12H,5-10H2,1-4H3,(H3,14,15). The molecule has 1 unspecified atom stereocenters. The minimum atomic E-state index is 0.313. The van der Waals surface area contributed by atoms with Crippen LogP contribution in [0.15, 0.2) is 0 Å². The van der Waals surface area contributed by atoms with Crippen LogP contribution in [-0.2, 0) is 0 Å². The average molecular weight is 227 g/mol. The van der Waals surface area contributed by atoms with Gasteiger partial charge in [-0.1, -0.05) is 26.7 Å². The summed E-state index contributed by atoms with van der Waals surface area (Å²) in [5, 5.41) is 7.43. The minimum Gasteiger partial charge on any atom is -0.388 e. The Hall–Kier alpha value is -0.570. The predicted octanol–water partition coefficient (Wildman–Crippen LogP) is 2.99. The molecule has 0 fully saturated rings. The molecule has 0 aromatic rings. The van der Waals surface area contributed by atoms with Crippen LogP contribution in [0.3, 0.4) is 0 Å². The highest BCUT2D eigenvalue weighted by Crippen LogP contribution is 2.14. The van der Waals surface area contributed by atoms with E-state index in [-0.39, 0.29) is 0 Å². The lowest BCUT2D eigenvalue weighted by molar-refractivity contribution is 0.149. The third kappa shape index (κ3) is 6.11. The SMILES string of the molecule is CCCCCN(C(C)C)C(CC)CC(=N)N. The molecule has 0 heterocycles. The van der Waals surface area contributed by atoms with Gasteiger partial charge in [0, 0.05) is 18.5 Å². The van der Waals surface area contributed by atoms with Crippen LogP contribution in [0.25, 0.3) is 0 Å². The predicted molar refractivity (Wildman–Crippen MR) is 72.0 cm³/mol. The van der Waals surface area contributed by atoms with Crippen molar-refractivity contribution in [2.45, 2.75) is 71.9 Å². The molecular weight excluding hydrogens is 198 g/mol. The third-order valence-corrected chi connectivity index (χ3v) is 3.08. The number of unbranched alkanes of at least 4 members (excludes halogenated alkanes) is 2.